The van der Waals surface area contributed by atoms with Crippen LogP contribution in [0.25, 0.3) is 0 Å². The number of hydrogen-bond acceptors (Lipinski definition) is 6. The normalized spacial score (nSPS) is 20.4. The molecule has 2 heterocycles. The van der Waals surface area contributed by atoms with Crippen molar-refractivity contribution in [2.75, 3.05) is 12.3 Å². The maximum Gasteiger partial charge on any atom is 0.315 e. The minimum atomic E-state index is -0.703. The van der Waals surface area contributed by atoms with E-state index < -0.39 is 12.1 Å². The molecule has 0 bridgehead atoms. The number of aryl methyl sites for hydroxylation is 1. The fourth-order valence-corrected chi connectivity index (χ4v) is 7.11. The first-order valence-corrected chi connectivity index (χ1v) is 16.9. The Hall–Kier alpha value is -3.08. The number of benzene rings is 1. The molecule has 0 aliphatic carbocycles. The number of urea groups is 1. The smallest absolute Gasteiger partial charge is 0.315 e. The van der Waals surface area contributed by atoms with Crippen molar-refractivity contribution in [2.24, 2.45) is 5.92 Å². The second-order valence-electron chi connectivity index (χ2n) is 11.9. The van der Waals surface area contributed by atoms with Gasteiger partial charge in [-0.3, -0.25) is 14.4 Å². The van der Waals surface area contributed by atoms with Crippen molar-refractivity contribution in [3.63, 3.8) is 0 Å². The van der Waals surface area contributed by atoms with Gasteiger partial charge in [-0.25, -0.2) is 4.79 Å². The molecule has 0 radical (unpaired) electrons. The SMILES string of the molecule is CC(C)[C@H](NC(=O)CCCCc1ccccc1)C(=O)N[C@H](C=O)CCCCNC(=O)CCCC[C@@H]1SC[C@@H]2NC(=O)N[C@@H]21. The van der Waals surface area contributed by atoms with Crippen LogP contribution < -0.4 is 26.6 Å². The highest BCUT2D eigenvalue weighted by atomic mass is 32.2. The number of fused-ring (bicyclic) bond motifs is 1. The summed E-state index contributed by atoms with van der Waals surface area (Å²) in [5, 5.41) is 14.9. The zero-order chi connectivity index (χ0) is 31.0. The summed E-state index contributed by atoms with van der Waals surface area (Å²) in [6.45, 7) is 4.26. The van der Waals surface area contributed by atoms with Crippen LogP contribution in [0.1, 0.15) is 83.6 Å². The van der Waals surface area contributed by atoms with Crippen molar-refractivity contribution in [3.8, 4) is 0 Å². The highest BCUT2D eigenvalue weighted by molar-refractivity contribution is 8.00. The average molecular weight is 616 g/mol. The summed E-state index contributed by atoms with van der Waals surface area (Å²) in [4.78, 5) is 60.7. The van der Waals surface area contributed by atoms with E-state index in [4.69, 9.17) is 0 Å². The molecule has 2 saturated heterocycles. The summed E-state index contributed by atoms with van der Waals surface area (Å²) in [6, 6.07) is 9.14. The minimum Gasteiger partial charge on any atom is -0.356 e. The Bertz CT molecular complexity index is 1060. The quantitative estimate of drug-likeness (QED) is 0.0865. The molecule has 5 amide bonds. The highest BCUT2D eigenvalue weighted by Gasteiger charge is 2.42. The van der Waals surface area contributed by atoms with Crippen LogP contribution in [0.3, 0.4) is 0 Å². The zero-order valence-corrected chi connectivity index (χ0v) is 26.4. The van der Waals surface area contributed by atoms with Gasteiger partial charge >= 0.3 is 6.03 Å². The van der Waals surface area contributed by atoms with E-state index in [0.29, 0.717) is 43.9 Å². The molecule has 5 N–H and O–H groups in total. The van der Waals surface area contributed by atoms with Gasteiger partial charge in [0, 0.05) is 30.4 Å². The Labute approximate surface area is 260 Å². The number of carbonyl (C=O) groups excluding carboxylic acids is 5. The Balaban J connectivity index is 1.23. The first-order chi connectivity index (χ1) is 20.8. The van der Waals surface area contributed by atoms with Crippen molar-refractivity contribution in [3.05, 3.63) is 35.9 Å². The maximum absolute atomic E-state index is 12.9. The molecule has 0 saturated carbocycles. The van der Waals surface area contributed by atoms with Crippen LogP contribution in [0, 0.1) is 5.92 Å². The predicted molar refractivity (Wildman–Crippen MR) is 170 cm³/mol. The van der Waals surface area contributed by atoms with Crippen LogP contribution in [-0.2, 0) is 25.6 Å². The molecule has 11 heteroatoms. The van der Waals surface area contributed by atoms with Crippen molar-refractivity contribution in [2.45, 2.75) is 114 Å². The average Bonchev–Trinajstić information content (AvgIpc) is 3.54. The lowest BCUT2D eigenvalue weighted by molar-refractivity contribution is -0.131. The van der Waals surface area contributed by atoms with E-state index in [0.717, 1.165) is 50.6 Å². The molecule has 5 atom stereocenters. The minimum absolute atomic E-state index is 0.0172. The van der Waals surface area contributed by atoms with E-state index in [1.54, 1.807) is 0 Å². The van der Waals surface area contributed by atoms with Gasteiger partial charge in [0.25, 0.3) is 0 Å². The Morgan fingerprint density at radius 2 is 1.70 bits per heavy atom. The van der Waals surface area contributed by atoms with Gasteiger partial charge in [-0.1, -0.05) is 50.6 Å². The highest BCUT2D eigenvalue weighted by Crippen LogP contribution is 2.33. The number of nitrogens with one attached hydrogen (secondary N) is 5. The lowest BCUT2D eigenvalue weighted by Gasteiger charge is -2.23. The van der Waals surface area contributed by atoms with Gasteiger partial charge in [0.05, 0.1) is 18.1 Å². The molecule has 1 aromatic carbocycles. The van der Waals surface area contributed by atoms with Gasteiger partial charge in [0.2, 0.25) is 17.7 Å². The number of unbranched alkanes of at least 4 members (excludes halogenated alkanes) is 3. The number of carbonyl (C=O) groups is 5. The summed E-state index contributed by atoms with van der Waals surface area (Å²) in [7, 11) is 0. The van der Waals surface area contributed by atoms with Crippen LogP contribution in [0.2, 0.25) is 0 Å². The second kappa shape index (κ2) is 18.6. The Morgan fingerprint density at radius 3 is 2.44 bits per heavy atom. The number of rotatable bonds is 20. The third-order valence-corrected chi connectivity index (χ3v) is 9.57. The molecule has 238 valence electrons. The summed E-state index contributed by atoms with van der Waals surface area (Å²) < 4.78 is 0. The molecule has 3 rings (SSSR count). The monoisotopic (exact) mass is 615 g/mol. The lowest BCUT2D eigenvalue weighted by atomic mass is 10.0. The van der Waals surface area contributed by atoms with Gasteiger partial charge in [0.1, 0.15) is 12.3 Å². The second-order valence-corrected chi connectivity index (χ2v) is 13.2. The Morgan fingerprint density at radius 1 is 0.953 bits per heavy atom. The molecule has 10 nitrogen and oxygen atoms in total. The topological polar surface area (TPSA) is 146 Å². The molecule has 1 aromatic rings. The summed E-state index contributed by atoms with van der Waals surface area (Å²) >= 11 is 1.88. The van der Waals surface area contributed by atoms with Crippen LogP contribution in [0.4, 0.5) is 4.79 Å². The van der Waals surface area contributed by atoms with Crippen molar-refractivity contribution < 1.29 is 24.0 Å². The van der Waals surface area contributed by atoms with Crippen molar-refractivity contribution in [1.29, 1.82) is 0 Å². The van der Waals surface area contributed by atoms with Crippen molar-refractivity contribution >= 4 is 41.8 Å². The number of thioether (sulfide) groups is 1. The molecular weight excluding hydrogens is 566 g/mol. The van der Waals surface area contributed by atoms with Crippen LogP contribution in [0.15, 0.2) is 30.3 Å². The number of aldehydes is 1. The molecule has 0 spiro atoms. The molecule has 0 unspecified atom stereocenters. The van der Waals surface area contributed by atoms with Crippen LogP contribution in [-0.4, -0.2) is 71.8 Å². The van der Waals surface area contributed by atoms with E-state index in [1.165, 1.54) is 5.56 Å². The predicted octanol–water partition coefficient (Wildman–Crippen LogP) is 3.24. The summed E-state index contributed by atoms with van der Waals surface area (Å²) in [5.41, 5.74) is 1.24. The molecular formula is C32H49N5O5S. The van der Waals surface area contributed by atoms with Gasteiger partial charge < -0.3 is 31.4 Å². The molecule has 0 aromatic heterocycles. The van der Waals surface area contributed by atoms with Gasteiger partial charge in [-0.15, -0.1) is 0 Å². The summed E-state index contributed by atoms with van der Waals surface area (Å²) in [6.07, 6.45) is 8.67. The fraction of sp³-hybridized carbons (Fsp3) is 0.656. The lowest BCUT2D eigenvalue weighted by Crippen LogP contribution is -2.52. The zero-order valence-electron chi connectivity index (χ0n) is 25.6. The van der Waals surface area contributed by atoms with E-state index in [1.807, 2.05) is 43.8 Å². The molecule has 2 aliphatic heterocycles. The summed E-state index contributed by atoms with van der Waals surface area (Å²) in [5.74, 6) is 0.324. The van der Waals surface area contributed by atoms with Gasteiger partial charge in [-0.2, -0.15) is 11.8 Å². The van der Waals surface area contributed by atoms with E-state index in [-0.39, 0.29) is 41.8 Å². The standard InChI is InChI=1S/C32H49N5O5S/c1-22(2)29(36-28(40)18-8-6-14-23-12-4-3-5-13-23)31(41)34-24(20-38)15-10-11-19-33-27(39)17-9-7-16-26-30-25(21-43-26)35-32(42)37-30/h3-5,12-13,20,22,24-26,29-30H,6-11,14-19,21H2,1-2H3,(H,33,39)(H,34,41)(H,36,40)(H2,35,37,42)/t24-,25-,26-,29-,30-/m0/s1. The Kier molecular flexibility index (Phi) is 14.8. The number of amides is 5. The largest absolute Gasteiger partial charge is 0.356 e. The first kappa shape index (κ1) is 34.4. The molecule has 43 heavy (non-hydrogen) atoms. The first-order valence-electron chi connectivity index (χ1n) is 15.8. The molecule has 2 fully saturated rings. The molecule has 2 aliphatic rings. The van der Waals surface area contributed by atoms with E-state index >= 15 is 0 Å². The van der Waals surface area contributed by atoms with Gasteiger partial charge in [0.15, 0.2) is 0 Å². The van der Waals surface area contributed by atoms with E-state index in [9.17, 15) is 24.0 Å². The number of hydrogen-bond donors (Lipinski definition) is 5. The van der Waals surface area contributed by atoms with Crippen LogP contribution in [0.5, 0.6) is 0 Å². The van der Waals surface area contributed by atoms with E-state index in [2.05, 4.69) is 38.7 Å². The van der Waals surface area contributed by atoms with Crippen molar-refractivity contribution in [1.82, 2.24) is 26.6 Å². The maximum atomic E-state index is 12.9. The third-order valence-electron chi connectivity index (χ3n) is 8.06. The van der Waals surface area contributed by atoms with Crippen LogP contribution >= 0.6 is 11.8 Å². The third kappa shape index (κ3) is 12.2. The van der Waals surface area contributed by atoms with Gasteiger partial charge in [-0.05, 0) is 62.8 Å². The fourth-order valence-electron chi connectivity index (χ4n) is 5.57.